The van der Waals surface area contributed by atoms with E-state index >= 15 is 0 Å². The van der Waals surface area contributed by atoms with Gasteiger partial charge in [-0.15, -0.1) is 0 Å². The summed E-state index contributed by atoms with van der Waals surface area (Å²) in [4.78, 5) is 24.3. The van der Waals surface area contributed by atoms with E-state index in [1.807, 2.05) is 0 Å². The molecule has 1 amide bonds. The van der Waals surface area contributed by atoms with Crippen molar-refractivity contribution in [1.29, 1.82) is 0 Å². The van der Waals surface area contributed by atoms with Gasteiger partial charge < -0.3 is 15.7 Å². The molecule has 2 rings (SSSR count). The fraction of sp³-hybridized carbons (Fsp3) is 0.833. The van der Waals surface area contributed by atoms with Gasteiger partial charge >= 0.3 is 5.97 Å². The lowest BCUT2D eigenvalue weighted by molar-refractivity contribution is -0.138. The summed E-state index contributed by atoms with van der Waals surface area (Å²) in [6, 6.07) is 0.000948. The maximum Gasteiger partial charge on any atom is 0.303 e. The molecule has 0 aromatic carbocycles. The van der Waals surface area contributed by atoms with Gasteiger partial charge in [0.1, 0.15) is 0 Å². The summed E-state index contributed by atoms with van der Waals surface area (Å²) in [5.74, 6) is -0.0266. The molecule has 0 bridgehead atoms. The van der Waals surface area contributed by atoms with E-state index in [0.717, 1.165) is 19.3 Å². The highest BCUT2D eigenvalue weighted by Crippen LogP contribution is 2.33. The van der Waals surface area contributed by atoms with Crippen LogP contribution in [0.5, 0.6) is 0 Å². The molecule has 0 aromatic rings. The van der Waals surface area contributed by atoms with Gasteiger partial charge in [0.25, 0.3) is 0 Å². The molecule has 3 N–H and O–H groups in total. The van der Waals surface area contributed by atoms with Gasteiger partial charge in [0.2, 0.25) is 5.91 Å². The van der Waals surface area contributed by atoms with Gasteiger partial charge in [-0.2, -0.15) is 0 Å². The molecule has 17 heavy (non-hydrogen) atoms. The van der Waals surface area contributed by atoms with E-state index in [1.165, 1.54) is 0 Å². The number of likely N-dealkylation sites (tertiary alicyclic amines) is 1. The molecule has 2 aliphatic rings. The Balaban J connectivity index is 1.75. The highest BCUT2D eigenvalue weighted by molar-refractivity contribution is 5.77. The molecule has 1 saturated carbocycles. The third-order valence-electron chi connectivity index (χ3n) is 3.74. The molecule has 0 aromatic heterocycles. The number of carbonyl (C=O) groups excluding carboxylic acids is 1. The number of hydrogen-bond donors (Lipinski definition) is 2. The lowest BCUT2D eigenvalue weighted by Crippen LogP contribution is -2.35. The summed E-state index contributed by atoms with van der Waals surface area (Å²) in [6.45, 7) is 1.27. The average molecular weight is 240 g/mol. The van der Waals surface area contributed by atoms with Crippen molar-refractivity contribution in [3.05, 3.63) is 0 Å². The number of nitrogens with two attached hydrogens (primary N) is 1. The van der Waals surface area contributed by atoms with E-state index in [0.29, 0.717) is 25.4 Å². The normalized spacial score (nSPS) is 25.9. The molecule has 1 aliphatic carbocycles. The fourth-order valence-corrected chi connectivity index (χ4v) is 2.49. The van der Waals surface area contributed by atoms with Crippen LogP contribution in [0.15, 0.2) is 0 Å². The van der Waals surface area contributed by atoms with Crippen LogP contribution in [0.4, 0.5) is 0 Å². The van der Waals surface area contributed by atoms with Crippen LogP contribution in [-0.2, 0) is 9.59 Å². The smallest absolute Gasteiger partial charge is 0.303 e. The van der Waals surface area contributed by atoms with Gasteiger partial charge in [-0.25, -0.2) is 0 Å². The number of carbonyl (C=O) groups is 2. The first-order chi connectivity index (χ1) is 8.06. The third kappa shape index (κ3) is 3.43. The van der Waals surface area contributed by atoms with Gasteiger partial charge in [0.05, 0.1) is 0 Å². The Morgan fingerprint density at radius 1 is 1.35 bits per heavy atom. The number of carboxylic acids is 1. The molecule has 1 heterocycles. The Hall–Kier alpha value is -1.10. The van der Waals surface area contributed by atoms with E-state index in [9.17, 15) is 9.59 Å². The Morgan fingerprint density at radius 2 is 2.06 bits per heavy atom. The second-order valence-electron chi connectivity index (χ2n) is 5.30. The van der Waals surface area contributed by atoms with Crippen molar-refractivity contribution in [3.63, 3.8) is 0 Å². The van der Waals surface area contributed by atoms with Crippen molar-refractivity contribution in [3.8, 4) is 0 Å². The zero-order chi connectivity index (χ0) is 12.4. The molecule has 96 valence electrons. The van der Waals surface area contributed by atoms with E-state index in [1.54, 1.807) is 4.90 Å². The molecular formula is C12H20N2O3. The maximum absolute atomic E-state index is 11.9. The van der Waals surface area contributed by atoms with Crippen LogP contribution in [-0.4, -0.2) is 41.0 Å². The van der Waals surface area contributed by atoms with E-state index in [4.69, 9.17) is 10.8 Å². The van der Waals surface area contributed by atoms with E-state index in [-0.39, 0.29) is 24.3 Å². The predicted octanol–water partition coefficient (Wildman–Crippen LogP) is 0.437. The molecule has 2 atom stereocenters. The monoisotopic (exact) mass is 240 g/mol. The molecule has 1 aliphatic heterocycles. The maximum atomic E-state index is 11.9. The standard InChI is InChI=1S/C12H20N2O3/c13-10(9-1-2-9)6-11(15)14-4-3-8(7-14)5-12(16)17/h8-10H,1-7,13H2,(H,16,17). The molecule has 5 nitrogen and oxygen atoms in total. The van der Waals surface area contributed by atoms with Crippen LogP contribution in [0, 0.1) is 11.8 Å². The highest BCUT2D eigenvalue weighted by atomic mass is 16.4. The zero-order valence-electron chi connectivity index (χ0n) is 9.97. The van der Waals surface area contributed by atoms with Crippen LogP contribution in [0.3, 0.4) is 0 Å². The van der Waals surface area contributed by atoms with Gasteiger partial charge in [-0.05, 0) is 31.1 Å². The zero-order valence-corrected chi connectivity index (χ0v) is 9.97. The molecule has 0 spiro atoms. The first kappa shape index (κ1) is 12.4. The summed E-state index contributed by atoms with van der Waals surface area (Å²) >= 11 is 0. The molecule has 2 fully saturated rings. The average Bonchev–Trinajstić information content (AvgIpc) is 2.99. The van der Waals surface area contributed by atoms with Gasteiger partial charge in [0.15, 0.2) is 0 Å². The van der Waals surface area contributed by atoms with Crippen molar-refractivity contribution in [2.75, 3.05) is 13.1 Å². The molecular weight excluding hydrogens is 220 g/mol. The van der Waals surface area contributed by atoms with E-state index in [2.05, 4.69) is 0 Å². The summed E-state index contributed by atoms with van der Waals surface area (Å²) in [5.41, 5.74) is 5.92. The van der Waals surface area contributed by atoms with E-state index < -0.39 is 5.97 Å². The van der Waals surface area contributed by atoms with Crippen LogP contribution in [0.25, 0.3) is 0 Å². The number of carboxylic acid groups (broad SMARTS) is 1. The Morgan fingerprint density at radius 3 is 2.65 bits per heavy atom. The second-order valence-corrected chi connectivity index (χ2v) is 5.30. The first-order valence-corrected chi connectivity index (χ1v) is 6.31. The lowest BCUT2D eigenvalue weighted by Gasteiger charge is -2.18. The number of amides is 1. The molecule has 0 radical (unpaired) electrons. The number of hydrogen-bond acceptors (Lipinski definition) is 3. The van der Waals surface area contributed by atoms with Crippen molar-refractivity contribution in [1.82, 2.24) is 4.90 Å². The summed E-state index contributed by atoms with van der Waals surface area (Å²) in [6.07, 6.45) is 3.69. The number of aliphatic carboxylic acids is 1. The van der Waals surface area contributed by atoms with Gasteiger partial charge in [-0.1, -0.05) is 0 Å². The second kappa shape index (κ2) is 5.04. The summed E-state index contributed by atoms with van der Waals surface area (Å²) in [5, 5.41) is 8.70. The Kier molecular flexibility index (Phi) is 3.66. The van der Waals surface area contributed by atoms with Crippen LogP contribution >= 0.6 is 0 Å². The minimum absolute atomic E-state index is 0.000948. The van der Waals surface area contributed by atoms with Gasteiger partial charge in [-0.3, -0.25) is 9.59 Å². The third-order valence-corrected chi connectivity index (χ3v) is 3.74. The first-order valence-electron chi connectivity index (χ1n) is 6.31. The van der Waals surface area contributed by atoms with Crippen molar-refractivity contribution >= 4 is 11.9 Å². The lowest BCUT2D eigenvalue weighted by atomic mass is 10.1. The largest absolute Gasteiger partial charge is 0.481 e. The van der Waals surface area contributed by atoms with Crippen LogP contribution in [0.2, 0.25) is 0 Å². The molecule has 2 unspecified atom stereocenters. The van der Waals surface area contributed by atoms with Crippen molar-refractivity contribution < 1.29 is 14.7 Å². The number of nitrogens with zero attached hydrogens (tertiary/aromatic N) is 1. The van der Waals surface area contributed by atoms with Crippen molar-refractivity contribution in [2.45, 2.75) is 38.1 Å². The van der Waals surface area contributed by atoms with Crippen LogP contribution in [0.1, 0.15) is 32.1 Å². The SMILES string of the molecule is NC(CC(=O)N1CCC(CC(=O)O)C1)C1CC1. The summed E-state index contributed by atoms with van der Waals surface area (Å²) in [7, 11) is 0. The fourth-order valence-electron chi connectivity index (χ4n) is 2.49. The topological polar surface area (TPSA) is 83.6 Å². The molecule has 1 saturated heterocycles. The van der Waals surface area contributed by atoms with Crippen LogP contribution < -0.4 is 5.73 Å². The Labute approximate surface area is 101 Å². The minimum atomic E-state index is -0.779. The van der Waals surface area contributed by atoms with Crippen molar-refractivity contribution in [2.24, 2.45) is 17.6 Å². The Bertz CT molecular complexity index is 315. The number of rotatable bonds is 5. The van der Waals surface area contributed by atoms with Gasteiger partial charge in [0, 0.05) is 32.0 Å². The minimum Gasteiger partial charge on any atom is -0.481 e. The predicted molar refractivity (Wildman–Crippen MR) is 62.3 cm³/mol. The highest BCUT2D eigenvalue weighted by Gasteiger charge is 2.33. The summed E-state index contributed by atoms with van der Waals surface area (Å²) < 4.78 is 0. The molecule has 5 heteroatoms. The quantitative estimate of drug-likeness (QED) is 0.730.